The van der Waals surface area contributed by atoms with E-state index in [0.717, 1.165) is 0 Å². The van der Waals surface area contributed by atoms with Crippen LogP contribution in [0.1, 0.15) is 62.3 Å². The second kappa shape index (κ2) is 6.45. The average molecular weight is 263 g/mol. The second-order valence-corrected chi connectivity index (χ2v) is 6.70. The number of nitrogens with zero attached hydrogens (tertiary/aromatic N) is 1. The van der Waals surface area contributed by atoms with Gasteiger partial charge in [0, 0.05) is 23.7 Å². The van der Waals surface area contributed by atoms with Crippen molar-refractivity contribution in [3.63, 3.8) is 0 Å². The first-order valence-electron chi connectivity index (χ1n) is 7.18. The summed E-state index contributed by atoms with van der Waals surface area (Å²) >= 11 is 0. The average Bonchev–Trinajstić information content (AvgIpc) is 2.33. The van der Waals surface area contributed by atoms with Gasteiger partial charge < -0.3 is 4.90 Å². The van der Waals surface area contributed by atoms with Gasteiger partial charge in [-0.3, -0.25) is 0 Å². The zero-order chi connectivity index (χ0) is 15.4. The van der Waals surface area contributed by atoms with Crippen molar-refractivity contribution in [3.05, 3.63) is 35.1 Å². The third-order valence-corrected chi connectivity index (χ3v) is 5.11. The summed E-state index contributed by atoms with van der Waals surface area (Å²) in [5, 5.41) is 0. The quantitative estimate of drug-likeness (QED) is 0.463. The maximum Gasteiger partial charge on any atom is 0.0427 e. The fourth-order valence-corrected chi connectivity index (χ4v) is 2.29. The molecular formula is C18H33N. The predicted molar refractivity (Wildman–Crippen MR) is 88.2 cm³/mol. The molecule has 1 heteroatoms. The van der Waals surface area contributed by atoms with Crippen LogP contribution in [0.2, 0.25) is 0 Å². The highest BCUT2D eigenvalue weighted by atomic mass is 15.2. The monoisotopic (exact) mass is 263 g/mol. The van der Waals surface area contributed by atoms with Gasteiger partial charge in [-0.2, -0.15) is 0 Å². The van der Waals surface area contributed by atoms with Crippen LogP contribution in [0, 0.1) is 5.41 Å². The summed E-state index contributed by atoms with van der Waals surface area (Å²) in [6.45, 7) is 20.2. The minimum Gasteiger partial charge on any atom is -0.372 e. The third kappa shape index (κ3) is 3.75. The van der Waals surface area contributed by atoms with Crippen LogP contribution in [-0.2, 0) is 0 Å². The van der Waals surface area contributed by atoms with E-state index in [1.165, 1.54) is 16.8 Å². The van der Waals surface area contributed by atoms with Gasteiger partial charge in [0.25, 0.3) is 0 Å². The number of hydrogen-bond acceptors (Lipinski definition) is 1. The van der Waals surface area contributed by atoms with Crippen LogP contribution in [0.3, 0.4) is 0 Å². The van der Waals surface area contributed by atoms with Crippen molar-refractivity contribution in [2.24, 2.45) is 5.41 Å². The molecule has 0 N–H and O–H groups in total. The van der Waals surface area contributed by atoms with Crippen molar-refractivity contribution in [1.82, 2.24) is 4.90 Å². The standard InChI is InChI=1S/C18H33N/c1-11-12-13-15(4)19(10)18(8,9)17(6,7)16(5)14(2)3/h11-13H,1-10H3/b12-11-,15-13+. The lowest BCUT2D eigenvalue weighted by molar-refractivity contribution is 0.0836. The molecule has 0 spiro atoms. The highest BCUT2D eigenvalue weighted by molar-refractivity contribution is 5.23. The van der Waals surface area contributed by atoms with E-state index in [9.17, 15) is 0 Å². The van der Waals surface area contributed by atoms with Gasteiger partial charge in [-0.05, 0) is 54.5 Å². The van der Waals surface area contributed by atoms with Crippen molar-refractivity contribution in [2.45, 2.75) is 67.9 Å². The van der Waals surface area contributed by atoms with Gasteiger partial charge in [0.05, 0.1) is 0 Å². The first-order chi connectivity index (χ1) is 8.50. The highest BCUT2D eigenvalue weighted by Crippen LogP contribution is 2.43. The van der Waals surface area contributed by atoms with Crippen LogP contribution in [0.25, 0.3) is 0 Å². The highest BCUT2D eigenvalue weighted by Gasteiger charge is 2.41. The number of rotatable bonds is 5. The maximum absolute atomic E-state index is 2.39. The number of allylic oxidation sites excluding steroid dienone is 5. The second-order valence-electron chi connectivity index (χ2n) is 6.70. The Kier molecular flexibility index (Phi) is 6.12. The van der Waals surface area contributed by atoms with E-state index in [-0.39, 0.29) is 11.0 Å². The summed E-state index contributed by atoms with van der Waals surface area (Å²) in [5.74, 6) is 0. The summed E-state index contributed by atoms with van der Waals surface area (Å²) in [7, 11) is 2.19. The molecular weight excluding hydrogens is 230 g/mol. The Morgan fingerprint density at radius 2 is 1.42 bits per heavy atom. The van der Waals surface area contributed by atoms with Gasteiger partial charge in [-0.1, -0.05) is 37.1 Å². The summed E-state index contributed by atoms with van der Waals surface area (Å²) in [6.07, 6.45) is 6.34. The van der Waals surface area contributed by atoms with Gasteiger partial charge in [-0.25, -0.2) is 0 Å². The molecule has 0 aliphatic carbocycles. The molecule has 0 atom stereocenters. The Morgan fingerprint density at radius 3 is 1.79 bits per heavy atom. The van der Waals surface area contributed by atoms with Crippen LogP contribution >= 0.6 is 0 Å². The van der Waals surface area contributed by atoms with E-state index in [4.69, 9.17) is 0 Å². The van der Waals surface area contributed by atoms with Gasteiger partial charge in [0.15, 0.2) is 0 Å². The first kappa shape index (κ1) is 18.0. The molecule has 0 rings (SSSR count). The minimum absolute atomic E-state index is 0.0521. The molecule has 0 aliphatic rings. The SMILES string of the molecule is C/C=C\C=C(/C)N(C)C(C)(C)C(C)(C)C(C)=C(C)C. The fraction of sp³-hybridized carbons (Fsp3) is 0.667. The van der Waals surface area contributed by atoms with Crippen LogP contribution in [0.4, 0.5) is 0 Å². The zero-order valence-corrected chi connectivity index (χ0v) is 14.7. The molecule has 110 valence electrons. The first-order valence-corrected chi connectivity index (χ1v) is 7.18. The van der Waals surface area contributed by atoms with E-state index < -0.39 is 0 Å². The lowest BCUT2D eigenvalue weighted by Gasteiger charge is -2.50. The Labute approximate surface area is 121 Å². The van der Waals surface area contributed by atoms with E-state index in [0.29, 0.717) is 0 Å². The van der Waals surface area contributed by atoms with E-state index in [2.05, 4.69) is 85.6 Å². The van der Waals surface area contributed by atoms with Crippen molar-refractivity contribution in [3.8, 4) is 0 Å². The normalized spacial score (nSPS) is 13.9. The molecule has 0 aromatic carbocycles. The lowest BCUT2D eigenvalue weighted by Crippen LogP contribution is -2.52. The molecule has 0 aliphatic heterocycles. The van der Waals surface area contributed by atoms with Crippen molar-refractivity contribution >= 4 is 0 Å². The van der Waals surface area contributed by atoms with Gasteiger partial charge in [0.1, 0.15) is 0 Å². The van der Waals surface area contributed by atoms with Gasteiger partial charge in [0.2, 0.25) is 0 Å². The lowest BCUT2D eigenvalue weighted by atomic mass is 9.67. The Hall–Kier alpha value is -0.980. The molecule has 0 amide bonds. The van der Waals surface area contributed by atoms with Crippen molar-refractivity contribution in [2.75, 3.05) is 7.05 Å². The molecule has 0 radical (unpaired) electrons. The predicted octanol–water partition coefficient (Wildman–Crippen LogP) is 5.56. The van der Waals surface area contributed by atoms with E-state index in [1.807, 2.05) is 6.92 Å². The van der Waals surface area contributed by atoms with Crippen LogP contribution in [0.15, 0.2) is 35.1 Å². The molecule has 0 saturated carbocycles. The zero-order valence-electron chi connectivity index (χ0n) is 14.7. The molecule has 0 aromatic heterocycles. The summed E-state index contributed by atoms with van der Waals surface area (Å²) in [5.41, 5.74) is 4.35. The Bertz CT molecular complexity index is 388. The molecule has 0 heterocycles. The fourth-order valence-electron chi connectivity index (χ4n) is 2.29. The molecule has 0 aromatic rings. The maximum atomic E-state index is 2.39. The van der Waals surface area contributed by atoms with Crippen LogP contribution in [-0.4, -0.2) is 17.5 Å². The van der Waals surface area contributed by atoms with E-state index in [1.54, 1.807) is 0 Å². The summed E-state index contributed by atoms with van der Waals surface area (Å²) < 4.78 is 0. The van der Waals surface area contributed by atoms with E-state index >= 15 is 0 Å². The largest absolute Gasteiger partial charge is 0.372 e. The smallest absolute Gasteiger partial charge is 0.0427 e. The molecule has 0 fully saturated rings. The van der Waals surface area contributed by atoms with Crippen molar-refractivity contribution in [1.29, 1.82) is 0 Å². The van der Waals surface area contributed by atoms with Gasteiger partial charge in [-0.15, -0.1) is 0 Å². The third-order valence-electron chi connectivity index (χ3n) is 5.11. The van der Waals surface area contributed by atoms with Gasteiger partial charge >= 0.3 is 0 Å². The summed E-state index contributed by atoms with van der Waals surface area (Å²) in [6, 6.07) is 0. The molecule has 0 saturated heterocycles. The molecule has 0 bridgehead atoms. The molecule has 0 unspecified atom stereocenters. The Morgan fingerprint density at radius 1 is 0.947 bits per heavy atom. The Balaban J connectivity index is 5.55. The van der Waals surface area contributed by atoms with Crippen LogP contribution < -0.4 is 0 Å². The van der Waals surface area contributed by atoms with Crippen molar-refractivity contribution < 1.29 is 0 Å². The minimum atomic E-state index is 0.0521. The molecule has 1 nitrogen and oxygen atoms in total. The summed E-state index contributed by atoms with van der Waals surface area (Å²) in [4.78, 5) is 2.39. The molecule has 19 heavy (non-hydrogen) atoms. The topological polar surface area (TPSA) is 3.24 Å². The van der Waals surface area contributed by atoms with Crippen LogP contribution in [0.5, 0.6) is 0 Å². The number of hydrogen-bond donors (Lipinski definition) is 0.